The number of esters is 1. The van der Waals surface area contributed by atoms with E-state index in [1.165, 1.54) is 35.3 Å². The van der Waals surface area contributed by atoms with Crippen LogP contribution < -0.4 is 10.6 Å². The smallest absolute Gasteiger partial charge is 0.341 e. The van der Waals surface area contributed by atoms with Gasteiger partial charge in [0.25, 0.3) is 0 Å². The van der Waals surface area contributed by atoms with E-state index in [0.717, 1.165) is 43.6 Å². The van der Waals surface area contributed by atoms with Crippen LogP contribution in [0, 0.1) is 0 Å². The highest BCUT2D eigenvalue weighted by atomic mass is 32.1. The molecule has 0 unspecified atom stereocenters. The molecule has 0 radical (unpaired) electrons. The van der Waals surface area contributed by atoms with Gasteiger partial charge in [-0.05, 0) is 68.8 Å². The Kier molecular flexibility index (Phi) is 8.50. The molecule has 3 rings (SSSR count). The van der Waals surface area contributed by atoms with Crippen molar-refractivity contribution < 1.29 is 9.53 Å². The van der Waals surface area contributed by atoms with Crippen molar-refractivity contribution in [1.29, 1.82) is 0 Å². The maximum atomic E-state index is 12.7. The molecular formula is C23H30N2O2S2. The lowest BCUT2D eigenvalue weighted by Gasteiger charge is -2.12. The Morgan fingerprint density at radius 2 is 1.90 bits per heavy atom. The molecule has 1 aliphatic carbocycles. The molecule has 6 heteroatoms. The Morgan fingerprint density at radius 3 is 2.66 bits per heavy atom. The van der Waals surface area contributed by atoms with Crippen LogP contribution in [0.4, 0.5) is 5.00 Å². The van der Waals surface area contributed by atoms with E-state index in [0.29, 0.717) is 17.3 Å². The number of hydrogen-bond acceptors (Lipinski definition) is 4. The minimum absolute atomic E-state index is 0.236. The second-order valence-corrected chi connectivity index (χ2v) is 8.83. The highest BCUT2D eigenvalue weighted by molar-refractivity contribution is 7.80. The number of anilines is 1. The zero-order chi connectivity index (χ0) is 20.5. The van der Waals surface area contributed by atoms with Gasteiger partial charge in [-0.2, -0.15) is 0 Å². The van der Waals surface area contributed by atoms with Crippen LogP contribution in [0.15, 0.2) is 30.3 Å². The lowest BCUT2D eigenvalue weighted by Crippen LogP contribution is -2.29. The molecule has 0 spiro atoms. The van der Waals surface area contributed by atoms with Crippen LogP contribution >= 0.6 is 23.6 Å². The number of benzene rings is 1. The highest BCUT2D eigenvalue weighted by Crippen LogP contribution is 2.37. The first-order chi connectivity index (χ1) is 14.2. The lowest BCUT2D eigenvalue weighted by atomic mass is 9.96. The molecule has 0 aliphatic heterocycles. The van der Waals surface area contributed by atoms with E-state index in [4.69, 9.17) is 17.0 Å². The first kappa shape index (κ1) is 21.8. The molecule has 1 aliphatic rings. The van der Waals surface area contributed by atoms with Crippen LogP contribution in [0.3, 0.4) is 0 Å². The SMILES string of the molecule is CCOC(=O)c1c(NC(=S)NCCCc2ccccc2)sc2c1CCCCCC2. The zero-order valence-corrected chi connectivity index (χ0v) is 18.7. The average molecular weight is 431 g/mol. The van der Waals surface area contributed by atoms with Gasteiger partial charge >= 0.3 is 5.97 Å². The summed E-state index contributed by atoms with van der Waals surface area (Å²) in [7, 11) is 0. The van der Waals surface area contributed by atoms with Gasteiger partial charge in [-0.3, -0.25) is 0 Å². The van der Waals surface area contributed by atoms with Crippen LogP contribution in [0.1, 0.15) is 65.4 Å². The van der Waals surface area contributed by atoms with Crippen molar-refractivity contribution in [3.8, 4) is 0 Å². The van der Waals surface area contributed by atoms with Crippen molar-refractivity contribution >= 4 is 39.6 Å². The third-order valence-electron chi connectivity index (χ3n) is 5.15. The summed E-state index contributed by atoms with van der Waals surface area (Å²) in [6.07, 6.45) is 8.77. The fraction of sp³-hybridized carbons (Fsp3) is 0.478. The van der Waals surface area contributed by atoms with Gasteiger partial charge < -0.3 is 15.4 Å². The van der Waals surface area contributed by atoms with Gasteiger partial charge in [-0.1, -0.05) is 43.2 Å². The molecule has 1 heterocycles. The number of hydrogen-bond donors (Lipinski definition) is 2. The predicted molar refractivity (Wildman–Crippen MR) is 125 cm³/mol. The number of carbonyl (C=O) groups is 1. The molecule has 156 valence electrons. The molecular weight excluding hydrogens is 400 g/mol. The van der Waals surface area contributed by atoms with Crippen molar-refractivity contribution in [3.05, 3.63) is 51.9 Å². The largest absolute Gasteiger partial charge is 0.462 e. The van der Waals surface area contributed by atoms with Gasteiger partial charge in [0.05, 0.1) is 12.2 Å². The molecule has 0 saturated carbocycles. The quantitative estimate of drug-likeness (QED) is 0.345. The second kappa shape index (κ2) is 11.3. The number of fused-ring (bicyclic) bond motifs is 1. The van der Waals surface area contributed by atoms with Gasteiger partial charge in [0.15, 0.2) is 5.11 Å². The Bertz CT molecular complexity index is 818. The van der Waals surface area contributed by atoms with E-state index in [2.05, 4.69) is 34.9 Å². The van der Waals surface area contributed by atoms with Crippen molar-refractivity contribution in [3.63, 3.8) is 0 Å². The van der Waals surface area contributed by atoms with E-state index in [1.807, 2.05) is 13.0 Å². The van der Waals surface area contributed by atoms with Crippen LogP contribution in [0.5, 0.6) is 0 Å². The van der Waals surface area contributed by atoms with Crippen LogP contribution in [0.2, 0.25) is 0 Å². The van der Waals surface area contributed by atoms with Crippen LogP contribution in [-0.2, 0) is 24.0 Å². The number of rotatable bonds is 7. The summed E-state index contributed by atoms with van der Waals surface area (Å²) in [5.74, 6) is -0.236. The number of carbonyl (C=O) groups excluding carboxylic acids is 1. The number of thiocarbonyl (C=S) groups is 1. The predicted octanol–water partition coefficient (Wildman–Crippen LogP) is 5.50. The van der Waals surface area contributed by atoms with Crippen LogP contribution in [0.25, 0.3) is 0 Å². The molecule has 1 aromatic carbocycles. The molecule has 0 saturated heterocycles. The molecule has 0 atom stereocenters. The summed E-state index contributed by atoms with van der Waals surface area (Å²) in [6, 6.07) is 10.4. The number of aryl methyl sites for hydroxylation is 2. The number of ether oxygens (including phenoxy) is 1. The molecule has 2 N–H and O–H groups in total. The van der Waals surface area contributed by atoms with Crippen molar-refractivity contribution in [2.45, 2.75) is 58.3 Å². The van der Waals surface area contributed by atoms with E-state index in [9.17, 15) is 4.79 Å². The topological polar surface area (TPSA) is 50.4 Å². The summed E-state index contributed by atoms with van der Waals surface area (Å²) in [5.41, 5.74) is 3.19. The van der Waals surface area contributed by atoms with E-state index in [-0.39, 0.29) is 5.97 Å². The van der Waals surface area contributed by atoms with Crippen molar-refractivity contribution in [2.24, 2.45) is 0 Å². The van der Waals surface area contributed by atoms with Crippen molar-refractivity contribution in [2.75, 3.05) is 18.5 Å². The third kappa shape index (κ3) is 6.28. The highest BCUT2D eigenvalue weighted by Gasteiger charge is 2.25. The fourth-order valence-corrected chi connectivity index (χ4v) is 5.26. The number of nitrogens with one attached hydrogen (secondary N) is 2. The van der Waals surface area contributed by atoms with Gasteiger partial charge in [0.1, 0.15) is 5.00 Å². The van der Waals surface area contributed by atoms with Crippen LogP contribution in [-0.4, -0.2) is 24.2 Å². The first-order valence-electron chi connectivity index (χ1n) is 10.6. The van der Waals surface area contributed by atoms with E-state index in [1.54, 1.807) is 11.3 Å². The third-order valence-corrected chi connectivity index (χ3v) is 6.60. The van der Waals surface area contributed by atoms with Gasteiger partial charge in [0, 0.05) is 11.4 Å². The molecule has 1 aromatic heterocycles. The Balaban J connectivity index is 1.63. The van der Waals surface area contributed by atoms with Gasteiger partial charge in [-0.15, -0.1) is 11.3 Å². The monoisotopic (exact) mass is 430 g/mol. The lowest BCUT2D eigenvalue weighted by molar-refractivity contribution is 0.0526. The summed E-state index contributed by atoms with van der Waals surface area (Å²) in [4.78, 5) is 14.0. The minimum atomic E-state index is -0.236. The average Bonchev–Trinajstić information content (AvgIpc) is 3.02. The molecule has 29 heavy (non-hydrogen) atoms. The van der Waals surface area contributed by atoms with Crippen molar-refractivity contribution in [1.82, 2.24) is 5.32 Å². The van der Waals surface area contributed by atoms with Gasteiger partial charge in [0.2, 0.25) is 0 Å². The molecule has 0 fully saturated rings. The Morgan fingerprint density at radius 1 is 1.14 bits per heavy atom. The van der Waals surface area contributed by atoms with Gasteiger partial charge in [-0.25, -0.2) is 4.79 Å². The summed E-state index contributed by atoms with van der Waals surface area (Å²) in [6.45, 7) is 3.02. The van der Waals surface area contributed by atoms with E-state index >= 15 is 0 Å². The standard InChI is InChI=1S/C23H30N2O2S2/c1-2-27-22(26)20-18-14-8-3-4-9-15-19(18)29-21(20)25-23(28)24-16-10-13-17-11-6-5-7-12-17/h5-7,11-12H,2-4,8-10,13-16H2,1H3,(H2,24,25,28). The Hall–Kier alpha value is -1.92. The molecule has 2 aromatic rings. The number of thiophene rings is 1. The molecule has 0 amide bonds. The Labute approximate surface area is 183 Å². The summed E-state index contributed by atoms with van der Waals surface area (Å²) in [5, 5.41) is 7.96. The summed E-state index contributed by atoms with van der Waals surface area (Å²) < 4.78 is 5.36. The molecule has 0 bridgehead atoms. The normalized spacial score (nSPS) is 13.7. The maximum absolute atomic E-state index is 12.7. The second-order valence-electron chi connectivity index (χ2n) is 7.31. The zero-order valence-electron chi connectivity index (χ0n) is 17.1. The first-order valence-corrected chi connectivity index (χ1v) is 11.8. The maximum Gasteiger partial charge on any atom is 0.341 e. The minimum Gasteiger partial charge on any atom is -0.462 e. The summed E-state index contributed by atoms with van der Waals surface area (Å²) >= 11 is 7.17. The molecule has 4 nitrogen and oxygen atoms in total. The van der Waals surface area contributed by atoms with E-state index < -0.39 is 0 Å². The fourth-order valence-electron chi connectivity index (χ4n) is 3.71.